The molecule has 0 radical (unpaired) electrons. The van der Waals surface area contributed by atoms with Crippen LogP contribution in [0.1, 0.15) is 0 Å². The van der Waals surface area contributed by atoms with Crippen molar-refractivity contribution in [3.05, 3.63) is 219 Å². The maximum absolute atomic E-state index is 4.99. The molecule has 0 unspecified atom stereocenters. The lowest BCUT2D eigenvalue weighted by atomic mass is 9.90. The Bertz CT molecular complexity index is 3280. The summed E-state index contributed by atoms with van der Waals surface area (Å²) in [4.78, 5) is 19.1. The molecule has 0 N–H and O–H groups in total. The van der Waals surface area contributed by atoms with Crippen molar-refractivity contribution in [1.82, 2.24) is 19.9 Å². The molecule has 11 rings (SSSR count). The largest absolute Gasteiger partial charge is 0.256 e. The number of aromatic nitrogens is 4. The Morgan fingerprint density at radius 2 is 0.633 bits per heavy atom. The topological polar surface area (TPSA) is 51.6 Å². The van der Waals surface area contributed by atoms with Crippen molar-refractivity contribution < 1.29 is 0 Å². The molecule has 7 aromatic carbocycles. The van der Waals surface area contributed by atoms with Crippen LogP contribution in [0.3, 0.4) is 0 Å². The Labute approximate surface area is 348 Å². The third-order valence-corrected chi connectivity index (χ3v) is 11.4. The van der Waals surface area contributed by atoms with Crippen molar-refractivity contribution in [2.75, 3.05) is 0 Å². The molecule has 0 saturated carbocycles. The minimum Gasteiger partial charge on any atom is -0.256 e. The molecule has 4 heteroatoms. The molecule has 0 saturated heterocycles. The quantitative estimate of drug-likeness (QED) is 0.152. The zero-order valence-electron chi connectivity index (χ0n) is 32.6. The van der Waals surface area contributed by atoms with Gasteiger partial charge < -0.3 is 0 Å². The Morgan fingerprint density at radius 3 is 1.23 bits per heavy atom. The van der Waals surface area contributed by atoms with Gasteiger partial charge in [0.2, 0.25) is 0 Å². The van der Waals surface area contributed by atoms with Crippen molar-refractivity contribution in [3.63, 3.8) is 0 Å². The lowest BCUT2D eigenvalue weighted by molar-refractivity contribution is 1.22. The van der Waals surface area contributed by atoms with Crippen LogP contribution in [0.25, 0.3) is 111 Å². The van der Waals surface area contributed by atoms with Gasteiger partial charge in [0, 0.05) is 24.2 Å². The highest BCUT2D eigenvalue weighted by Gasteiger charge is 2.15. The van der Waals surface area contributed by atoms with Gasteiger partial charge >= 0.3 is 0 Å². The highest BCUT2D eigenvalue weighted by molar-refractivity contribution is 6.26. The monoisotopic (exact) mass is 764 g/mol. The Morgan fingerprint density at radius 1 is 0.200 bits per heavy atom. The van der Waals surface area contributed by atoms with E-state index >= 15 is 0 Å². The fourth-order valence-electron chi connectivity index (χ4n) is 8.44. The maximum atomic E-state index is 4.99. The van der Waals surface area contributed by atoms with Gasteiger partial charge in [-0.2, -0.15) is 0 Å². The van der Waals surface area contributed by atoms with E-state index in [4.69, 9.17) is 9.97 Å². The van der Waals surface area contributed by atoms with Crippen molar-refractivity contribution >= 4 is 32.3 Å². The first-order valence-corrected chi connectivity index (χ1v) is 20.2. The fraction of sp³-hybridized carbons (Fsp3) is 0. The summed E-state index contributed by atoms with van der Waals surface area (Å²) in [6, 6.07) is 70.9. The summed E-state index contributed by atoms with van der Waals surface area (Å²) in [6.07, 6.45) is 5.53. The molecule has 4 nitrogen and oxygen atoms in total. The van der Waals surface area contributed by atoms with Gasteiger partial charge in [-0.1, -0.05) is 127 Å². The average Bonchev–Trinajstić information content (AvgIpc) is 3.34. The summed E-state index contributed by atoms with van der Waals surface area (Å²) in [5.41, 5.74) is 14.5. The lowest BCUT2D eigenvalue weighted by Crippen LogP contribution is -1.94. The van der Waals surface area contributed by atoms with Gasteiger partial charge in [0.1, 0.15) is 0 Å². The van der Waals surface area contributed by atoms with E-state index in [1.54, 1.807) is 12.4 Å². The number of hydrogen-bond donors (Lipinski definition) is 0. The van der Waals surface area contributed by atoms with Gasteiger partial charge in [-0.05, 0) is 150 Å². The molecule has 0 amide bonds. The molecule has 0 spiro atoms. The first kappa shape index (κ1) is 35.1. The Kier molecular flexibility index (Phi) is 8.79. The number of benzene rings is 7. The van der Waals surface area contributed by atoms with Crippen molar-refractivity contribution in [2.24, 2.45) is 0 Å². The molecule has 0 aliphatic carbocycles. The van der Waals surface area contributed by atoms with E-state index in [1.165, 1.54) is 49.0 Å². The smallest absolute Gasteiger partial charge is 0.0900 e. The van der Waals surface area contributed by atoms with Gasteiger partial charge in [-0.25, -0.2) is 4.98 Å². The minimum atomic E-state index is 0.809. The van der Waals surface area contributed by atoms with Crippen molar-refractivity contribution in [3.8, 4) is 78.5 Å². The summed E-state index contributed by atoms with van der Waals surface area (Å²) >= 11 is 0. The number of pyridine rings is 4. The third kappa shape index (κ3) is 6.56. The van der Waals surface area contributed by atoms with Crippen LogP contribution in [-0.2, 0) is 0 Å². The van der Waals surface area contributed by atoms with Crippen LogP contribution in [0.15, 0.2) is 219 Å². The second kappa shape index (κ2) is 15.0. The predicted octanol–water partition coefficient (Wildman–Crippen LogP) is 14.4. The molecule has 280 valence electrons. The summed E-state index contributed by atoms with van der Waals surface area (Å²) in [5, 5.41) is 7.34. The first-order chi connectivity index (χ1) is 29.7. The second-order valence-corrected chi connectivity index (χ2v) is 15.1. The lowest BCUT2D eigenvalue weighted by Gasteiger charge is -2.14. The SMILES string of the molecule is c1ccc(-c2cccc(-c3ccnc(-c4ccc5c6ccc(-c7cccc(-c8cc(-c9ccccn9)nc(-c9ccccn9)c8)c7)cc6c6ccccc6c5c4)c3)c2)cc1. The molecular formula is C56H36N4. The van der Waals surface area contributed by atoms with Crippen LogP contribution in [0.4, 0.5) is 0 Å². The number of rotatable bonds is 7. The van der Waals surface area contributed by atoms with E-state index in [1.807, 2.05) is 42.6 Å². The van der Waals surface area contributed by atoms with Gasteiger partial charge in [0.05, 0.1) is 28.5 Å². The van der Waals surface area contributed by atoms with Crippen LogP contribution in [0.2, 0.25) is 0 Å². The Balaban J connectivity index is 0.983. The predicted molar refractivity (Wildman–Crippen MR) is 248 cm³/mol. The number of nitrogens with zero attached hydrogens (tertiary/aromatic N) is 4. The van der Waals surface area contributed by atoms with Crippen LogP contribution in [-0.4, -0.2) is 19.9 Å². The van der Waals surface area contributed by atoms with Crippen LogP contribution < -0.4 is 0 Å². The standard InChI is InChI=1S/C56H36N4/c1-2-12-37(13-3-1)38-14-10-16-40(30-38)43-26-29-59-54(34-43)44-23-25-49-48-24-22-42(32-50(48)46-18-4-5-19-47(46)51(49)33-44)39-15-11-17-41(31-39)45-35-55(52-20-6-8-27-57-52)60-56(36-45)53-21-7-9-28-58-53/h1-36H. The molecule has 0 atom stereocenters. The highest BCUT2D eigenvalue weighted by Crippen LogP contribution is 2.40. The van der Waals surface area contributed by atoms with Crippen LogP contribution >= 0.6 is 0 Å². The van der Waals surface area contributed by atoms with E-state index in [0.29, 0.717) is 0 Å². The highest BCUT2D eigenvalue weighted by atomic mass is 14.8. The van der Waals surface area contributed by atoms with E-state index in [2.05, 4.69) is 174 Å². The summed E-state index contributed by atoms with van der Waals surface area (Å²) in [6.45, 7) is 0. The minimum absolute atomic E-state index is 0.809. The third-order valence-electron chi connectivity index (χ3n) is 11.4. The second-order valence-electron chi connectivity index (χ2n) is 15.1. The van der Waals surface area contributed by atoms with E-state index in [0.717, 1.165) is 61.9 Å². The van der Waals surface area contributed by atoms with Crippen LogP contribution in [0.5, 0.6) is 0 Å². The van der Waals surface area contributed by atoms with E-state index in [-0.39, 0.29) is 0 Å². The van der Waals surface area contributed by atoms with E-state index in [9.17, 15) is 0 Å². The summed E-state index contributed by atoms with van der Waals surface area (Å²) < 4.78 is 0. The number of fused-ring (bicyclic) bond motifs is 6. The first-order valence-electron chi connectivity index (χ1n) is 20.2. The molecule has 0 bridgehead atoms. The normalized spacial score (nSPS) is 11.3. The van der Waals surface area contributed by atoms with Crippen molar-refractivity contribution in [1.29, 1.82) is 0 Å². The zero-order chi connectivity index (χ0) is 39.8. The Hall–Kier alpha value is -8.08. The molecule has 60 heavy (non-hydrogen) atoms. The summed E-state index contributed by atoms with van der Waals surface area (Å²) in [7, 11) is 0. The zero-order valence-corrected chi connectivity index (χ0v) is 32.6. The molecule has 0 fully saturated rings. The van der Waals surface area contributed by atoms with Gasteiger partial charge in [-0.3, -0.25) is 15.0 Å². The molecule has 0 aliphatic rings. The molecular weight excluding hydrogens is 729 g/mol. The van der Waals surface area contributed by atoms with Gasteiger partial charge in [-0.15, -0.1) is 0 Å². The fourth-order valence-corrected chi connectivity index (χ4v) is 8.44. The maximum Gasteiger partial charge on any atom is 0.0900 e. The van der Waals surface area contributed by atoms with Crippen LogP contribution in [0, 0.1) is 0 Å². The number of hydrogen-bond acceptors (Lipinski definition) is 4. The summed E-state index contributed by atoms with van der Waals surface area (Å²) in [5.74, 6) is 0. The molecule has 0 aliphatic heterocycles. The van der Waals surface area contributed by atoms with E-state index < -0.39 is 0 Å². The van der Waals surface area contributed by atoms with Gasteiger partial charge in [0.15, 0.2) is 0 Å². The molecule has 4 heterocycles. The molecule has 11 aromatic rings. The molecule has 4 aromatic heterocycles. The van der Waals surface area contributed by atoms with Crippen molar-refractivity contribution in [2.45, 2.75) is 0 Å². The average molecular weight is 765 g/mol. The van der Waals surface area contributed by atoms with Gasteiger partial charge in [0.25, 0.3) is 0 Å².